The maximum absolute atomic E-state index is 13.8. The van der Waals surface area contributed by atoms with Gasteiger partial charge in [-0.15, -0.1) is 0 Å². The monoisotopic (exact) mass is 686 g/mol. The summed E-state index contributed by atoms with van der Waals surface area (Å²) < 4.78 is 11.7. The van der Waals surface area contributed by atoms with Crippen LogP contribution in [0.3, 0.4) is 0 Å². The number of nitrogens with one attached hydrogen (secondary N) is 2. The summed E-state index contributed by atoms with van der Waals surface area (Å²) >= 11 is 0. The molecule has 1 saturated heterocycles. The van der Waals surface area contributed by atoms with Crippen molar-refractivity contribution in [3.63, 3.8) is 0 Å². The van der Waals surface area contributed by atoms with Crippen molar-refractivity contribution in [2.75, 3.05) is 13.1 Å². The van der Waals surface area contributed by atoms with E-state index in [1.165, 1.54) is 0 Å². The fourth-order valence-corrected chi connectivity index (χ4v) is 6.01. The van der Waals surface area contributed by atoms with Gasteiger partial charge < -0.3 is 20.1 Å². The number of aryl methyl sites for hydroxylation is 3. The molecule has 8 nitrogen and oxygen atoms in total. The number of aromatic nitrogens is 1. The largest absolute Gasteiger partial charge is 0.452 e. The number of amides is 1. The first-order valence-corrected chi connectivity index (χ1v) is 17.5. The molecule has 0 saturated carbocycles. The number of hydrogen-bond acceptors (Lipinski definition) is 7. The van der Waals surface area contributed by atoms with Gasteiger partial charge in [0.2, 0.25) is 0 Å². The summed E-state index contributed by atoms with van der Waals surface area (Å²) in [6.07, 6.45) is 5.65. The van der Waals surface area contributed by atoms with Gasteiger partial charge in [0.15, 0.2) is 11.5 Å². The maximum atomic E-state index is 13.8. The van der Waals surface area contributed by atoms with Crippen LogP contribution in [0.25, 0.3) is 22.6 Å². The molecular formula is C43H50N4O4. The first-order chi connectivity index (χ1) is 24.3. The Kier molecular flexibility index (Phi) is 13.0. The molecule has 2 N–H and O–H groups in total. The van der Waals surface area contributed by atoms with Gasteiger partial charge >= 0.3 is 6.09 Å². The number of carbonyl (C=O) groups is 2. The number of pyridine rings is 1. The van der Waals surface area contributed by atoms with Crippen molar-refractivity contribution in [3.05, 3.63) is 119 Å². The molecule has 8 heteroatoms. The maximum Gasteiger partial charge on any atom is 0.408 e. The second kappa shape index (κ2) is 17.1. The molecule has 1 aliphatic rings. The van der Waals surface area contributed by atoms with Crippen LogP contribution in [0.15, 0.2) is 91.5 Å². The van der Waals surface area contributed by atoms with Crippen molar-refractivity contribution < 1.29 is 19.1 Å². The molecule has 1 atom stereocenters. The second-order valence-electron chi connectivity index (χ2n) is 14.1. The molecule has 1 amide bonds. The van der Waals surface area contributed by atoms with Crippen LogP contribution in [0.5, 0.6) is 0 Å². The lowest BCUT2D eigenvalue weighted by Gasteiger charge is -2.32. The van der Waals surface area contributed by atoms with Gasteiger partial charge in [-0.25, -0.2) is 4.79 Å². The highest BCUT2D eigenvalue weighted by atomic mass is 16.6. The average molecular weight is 687 g/mol. The Morgan fingerprint density at radius 2 is 1.80 bits per heavy atom. The highest BCUT2D eigenvalue weighted by molar-refractivity contribution is 6.02. The molecule has 0 spiro atoms. The Bertz CT molecular complexity index is 1850. The zero-order valence-electron chi connectivity index (χ0n) is 30.8. The van der Waals surface area contributed by atoms with E-state index in [1.54, 1.807) is 26.8 Å². The predicted molar refractivity (Wildman–Crippen MR) is 203 cm³/mol. The smallest absolute Gasteiger partial charge is 0.408 e. The van der Waals surface area contributed by atoms with E-state index >= 15 is 0 Å². The van der Waals surface area contributed by atoms with Crippen molar-refractivity contribution >= 4 is 23.2 Å². The third kappa shape index (κ3) is 10.4. The van der Waals surface area contributed by atoms with Gasteiger partial charge in [-0.1, -0.05) is 68.3 Å². The summed E-state index contributed by atoms with van der Waals surface area (Å²) in [4.78, 5) is 31.0. The fourth-order valence-electron chi connectivity index (χ4n) is 6.01. The molecule has 3 aromatic rings. The number of carbonyl (C=O) groups excluding carboxylic acids is 2. The first kappa shape index (κ1) is 38.6. The zero-order valence-corrected chi connectivity index (χ0v) is 30.8. The minimum Gasteiger partial charge on any atom is -0.452 e. The highest BCUT2D eigenvalue weighted by Crippen LogP contribution is 2.39. The molecule has 51 heavy (non-hydrogen) atoms. The summed E-state index contributed by atoms with van der Waals surface area (Å²) in [5, 5.41) is 16.2. The number of benzene rings is 2. The SMILES string of the molecule is C=C=C(OC(=C)c1ccc(C)c(/C(=C\C(=O)[C@H](CC)NC(=O)OC(C)(C)C)CCc2ccc(-c3ccc(C)cn3)cc2)c1)C1(C#N)CCNCC1. The van der Waals surface area contributed by atoms with Crippen LogP contribution < -0.4 is 10.6 Å². The van der Waals surface area contributed by atoms with E-state index < -0.39 is 23.2 Å². The van der Waals surface area contributed by atoms with E-state index in [1.807, 2.05) is 57.3 Å². The molecule has 1 aromatic heterocycles. The minimum absolute atomic E-state index is 0.224. The Hall–Kier alpha value is -5.22. The summed E-state index contributed by atoms with van der Waals surface area (Å²) in [5.74, 6) is 0.505. The number of allylic oxidation sites excluding steroid dienone is 2. The number of ether oxygens (including phenoxy) is 2. The molecule has 266 valence electrons. The van der Waals surface area contributed by atoms with Crippen molar-refractivity contribution in [1.29, 1.82) is 5.26 Å². The van der Waals surface area contributed by atoms with Crippen molar-refractivity contribution in [2.45, 2.75) is 85.3 Å². The topological polar surface area (TPSA) is 113 Å². The number of nitrogens with zero attached hydrogens (tertiary/aromatic N) is 2. The second-order valence-corrected chi connectivity index (χ2v) is 14.1. The number of hydrogen-bond donors (Lipinski definition) is 2. The summed E-state index contributed by atoms with van der Waals surface area (Å²) in [6.45, 7) is 20.6. The number of rotatable bonds is 13. The minimum atomic E-state index is -0.831. The normalized spacial score (nSPS) is 14.7. The third-order valence-corrected chi connectivity index (χ3v) is 9.00. The molecule has 1 aliphatic heterocycles. The Morgan fingerprint density at radius 1 is 1.10 bits per heavy atom. The van der Waals surface area contributed by atoms with E-state index in [0.29, 0.717) is 62.3 Å². The van der Waals surface area contributed by atoms with Crippen LogP contribution in [0, 0.1) is 30.6 Å². The Balaban J connectivity index is 1.65. The van der Waals surface area contributed by atoms with Crippen LogP contribution in [0.2, 0.25) is 0 Å². The number of piperidine rings is 1. The van der Waals surface area contributed by atoms with E-state index in [-0.39, 0.29) is 5.78 Å². The van der Waals surface area contributed by atoms with Crippen molar-refractivity contribution in [2.24, 2.45) is 5.41 Å². The average Bonchev–Trinajstić information content (AvgIpc) is 3.11. The quantitative estimate of drug-likeness (QED) is 0.105. The molecule has 4 rings (SSSR count). The number of alkyl carbamates (subject to hydrolysis) is 1. The van der Waals surface area contributed by atoms with Crippen LogP contribution in [0.4, 0.5) is 4.79 Å². The summed E-state index contributed by atoms with van der Waals surface area (Å²) in [5.41, 5.74) is 8.84. The summed E-state index contributed by atoms with van der Waals surface area (Å²) in [6, 6.07) is 19.9. The molecule has 0 bridgehead atoms. The number of nitriles is 1. The van der Waals surface area contributed by atoms with E-state index in [2.05, 4.69) is 64.8 Å². The Morgan fingerprint density at radius 3 is 2.39 bits per heavy atom. The lowest BCUT2D eigenvalue weighted by molar-refractivity contribution is -0.116. The van der Waals surface area contributed by atoms with Gasteiger partial charge in [0, 0.05) is 17.3 Å². The van der Waals surface area contributed by atoms with Gasteiger partial charge in [0.25, 0.3) is 0 Å². The van der Waals surface area contributed by atoms with E-state index in [0.717, 1.165) is 39.1 Å². The van der Waals surface area contributed by atoms with E-state index in [9.17, 15) is 14.9 Å². The molecule has 2 heterocycles. The highest BCUT2D eigenvalue weighted by Gasteiger charge is 2.38. The van der Waals surface area contributed by atoms with Gasteiger partial charge in [-0.3, -0.25) is 9.78 Å². The van der Waals surface area contributed by atoms with Crippen molar-refractivity contribution in [1.82, 2.24) is 15.6 Å². The van der Waals surface area contributed by atoms with Gasteiger partial charge in [-0.05, 0) is 126 Å². The van der Waals surface area contributed by atoms with Crippen LogP contribution >= 0.6 is 0 Å². The predicted octanol–water partition coefficient (Wildman–Crippen LogP) is 8.80. The molecule has 0 radical (unpaired) electrons. The van der Waals surface area contributed by atoms with E-state index in [4.69, 9.17) is 9.47 Å². The van der Waals surface area contributed by atoms with Crippen molar-refractivity contribution in [3.8, 4) is 17.3 Å². The summed E-state index contributed by atoms with van der Waals surface area (Å²) in [7, 11) is 0. The fraction of sp³-hybridized carbons (Fsp3) is 0.372. The lowest BCUT2D eigenvalue weighted by atomic mass is 9.78. The van der Waals surface area contributed by atoms with Crippen LogP contribution in [0.1, 0.15) is 81.2 Å². The van der Waals surface area contributed by atoms with Gasteiger partial charge in [-0.2, -0.15) is 5.26 Å². The van der Waals surface area contributed by atoms with Crippen LogP contribution in [-0.4, -0.2) is 41.6 Å². The standard InChI is InChI=1S/C43H50N4O4/c1-9-37(47-41(49)51-42(6,7)8)39(48)26-35(19-15-32-13-17-33(18-14-32)38-20-11-29(3)27-46-38)36-25-34(16-12-30(36)4)31(5)50-40(10-2)43(28-44)21-23-45-24-22-43/h11-14,16-18,20,25-27,37,45H,2,5,9,15,19,21-24H2,1,3-4,6-8H3,(H,47,49)/b35-26-/t37-/m0/s1. The number of ketones is 1. The Labute approximate surface area is 303 Å². The first-order valence-electron chi connectivity index (χ1n) is 17.5. The molecule has 0 unspecified atom stereocenters. The van der Waals surface area contributed by atoms with Crippen LogP contribution in [-0.2, 0) is 20.7 Å². The molecule has 1 fully saturated rings. The van der Waals surface area contributed by atoms with Gasteiger partial charge in [0.05, 0.1) is 17.8 Å². The third-order valence-electron chi connectivity index (χ3n) is 9.00. The van der Waals surface area contributed by atoms with Gasteiger partial charge in [0.1, 0.15) is 16.8 Å². The molecule has 2 aromatic carbocycles. The zero-order chi connectivity index (χ0) is 37.2. The lowest BCUT2D eigenvalue weighted by Crippen LogP contribution is -2.42. The molecule has 0 aliphatic carbocycles. The molecular weight excluding hydrogens is 636 g/mol.